The van der Waals surface area contributed by atoms with Gasteiger partial charge in [-0.3, -0.25) is 0 Å². The zero-order chi connectivity index (χ0) is 34.1. The maximum Gasteiger partial charge on any atom is 0.336 e. The Balaban J connectivity index is 1.42. The van der Waals surface area contributed by atoms with E-state index in [1.807, 2.05) is 36.4 Å². The first-order valence-corrected chi connectivity index (χ1v) is 14.9. The molecule has 0 bridgehead atoms. The molecule has 4 aromatic rings. The Morgan fingerprint density at radius 3 is 1.13 bits per heavy atom. The van der Waals surface area contributed by atoms with Gasteiger partial charge in [0.05, 0.1) is 22.3 Å². The lowest BCUT2D eigenvalue weighted by Crippen LogP contribution is -2.27. The predicted molar refractivity (Wildman–Crippen MR) is 170 cm³/mol. The molecule has 1 spiro atoms. The van der Waals surface area contributed by atoms with Gasteiger partial charge in [-0.1, -0.05) is 39.8 Å². The van der Waals surface area contributed by atoms with Gasteiger partial charge in [0.1, 0.15) is 23.0 Å². The molecule has 10 nitrogen and oxygen atoms in total. The Morgan fingerprint density at radius 1 is 0.468 bits per heavy atom. The Labute approximate surface area is 269 Å². The number of carboxylic acids is 4. The van der Waals surface area contributed by atoms with Gasteiger partial charge in [0.15, 0.2) is 0 Å². The molecule has 0 fully saturated rings. The second-order valence-corrected chi connectivity index (χ2v) is 13.5. The normalized spacial score (nSPS) is 16.3. The van der Waals surface area contributed by atoms with Gasteiger partial charge in [-0.05, 0) is 107 Å². The predicted octanol–water partition coefficient (Wildman–Crippen LogP) is 7.71. The number of carboxylic acid groups (broad SMARTS) is 4. The van der Waals surface area contributed by atoms with Crippen molar-refractivity contribution in [3.05, 3.63) is 117 Å². The maximum atomic E-state index is 11.8. The van der Waals surface area contributed by atoms with Gasteiger partial charge in [0, 0.05) is 5.41 Å². The van der Waals surface area contributed by atoms with Crippen LogP contribution in [0.5, 0.6) is 23.0 Å². The first kappa shape index (κ1) is 31.3. The van der Waals surface area contributed by atoms with Gasteiger partial charge in [-0.25, -0.2) is 19.2 Å². The minimum Gasteiger partial charge on any atom is -0.478 e. The van der Waals surface area contributed by atoms with E-state index in [1.165, 1.54) is 36.4 Å². The van der Waals surface area contributed by atoms with Crippen LogP contribution >= 0.6 is 0 Å². The summed E-state index contributed by atoms with van der Waals surface area (Å²) in [5, 5.41) is 38.0. The summed E-state index contributed by atoms with van der Waals surface area (Å²) in [6.45, 7) is 8.75. The Kier molecular flexibility index (Phi) is 7.15. The van der Waals surface area contributed by atoms with Gasteiger partial charge >= 0.3 is 23.9 Å². The van der Waals surface area contributed by atoms with Crippen LogP contribution in [0.15, 0.2) is 72.8 Å². The Hall–Kier alpha value is -5.64. The Morgan fingerprint density at radius 2 is 0.787 bits per heavy atom. The summed E-state index contributed by atoms with van der Waals surface area (Å²) in [6, 6.07) is 19.3. The van der Waals surface area contributed by atoms with Crippen molar-refractivity contribution in [2.45, 2.75) is 56.8 Å². The molecule has 0 aromatic heterocycles. The molecule has 0 atom stereocenters. The maximum absolute atomic E-state index is 11.8. The van der Waals surface area contributed by atoms with Crippen LogP contribution in [0.4, 0.5) is 0 Å². The third-order valence-corrected chi connectivity index (χ3v) is 9.33. The van der Waals surface area contributed by atoms with Crippen LogP contribution in [0.25, 0.3) is 0 Å². The molecule has 2 aliphatic rings. The van der Waals surface area contributed by atoms with Crippen molar-refractivity contribution in [2.24, 2.45) is 0 Å². The lowest BCUT2D eigenvalue weighted by Gasteiger charge is -2.30. The number of benzene rings is 4. The molecular weight excluding hydrogens is 604 g/mol. The van der Waals surface area contributed by atoms with Gasteiger partial charge in [0.25, 0.3) is 0 Å². The molecule has 2 aliphatic carbocycles. The monoisotopic (exact) mass is 636 g/mol. The van der Waals surface area contributed by atoms with Crippen LogP contribution in [0.2, 0.25) is 0 Å². The summed E-state index contributed by atoms with van der Waals surface area (Å²) in [5.41, 5.74) is 2.10. The van der Waals surface area contributed by atoms with Crippen LogP contribution in [-0.4, -0.2) is 44.3 Å². The second kappa shape index (κ2) is 10.7. The van der Waals surface area contributed by atoms with Crippen LogP contribution in [-0.2, 0) is 16.2 Å². The number of ether oxygens (including phenoxy) is 2. The van der Waals surface area contributed by atoms with Gasteiger partial charge in [-0.15, -0.1) is 0 Å². The molecule has 240 valence electrons. The van der Waals surface area contributed by atoms with E-state index >= 15 is 0 Å². The minimum atomic E-state index is -1.37. The van der Waals surface area contributed by atoms with E-state index in [4.69, 9.17) is 9.47 Å². The lowest BCUT2D eigenvalue weighted by atomic mass is 9.72. The van der Waals surface area contributed by atoms with Crippen molar-refractivity contribution in [3.8, 4) is 23.0 Å². The van der Waals surface area contributed by atoms with Crippen molar-refractivity contribution >= 4 is 23.9 Å². The molecular formula is C37H32O10. The summed E-state index contributed by atoms with van der Waals surface area (Å²) in [4.78, 5) is 46.6. The SMILES string of the molecule is CC1(C)CC2(CC(C)(C)c3ccc(Oc4ccc(C(=O)O)c(C(=O)O)c4)cc32)c2cc(Oc3ccc(C(=O)O)c(C(=O)O)c3)ccc21. The number of rotatable bonds is 8. The Bertz CT molecular complexity index is 1870. The first-order chi connectivity index (χ1) is 22.0. The highest BCUT2D eigenvalue weighted by Gasteiger charge is 2.56. The summed E-state index contributed by atoms with van der Waals surface area (Å²) < 4.78 is 12.3. The van der Waals surface area contributed by atoms with E-state index in [-0.39, 0.29) is 44.6 Å². The molecule has 10 heteroatoms. The van der Waals surface area contributed by atoms with E-state index < -0.39 is 29.3 Å². The van der Waals surface area contributed by atoms with Crippen LogP contribution in [0, 0.1) is 0 Å². The fourth-order valence-corrected chi connectivity index (χ4v) is 7.61. The van der Waals surface area contributed by atoms with Gasteiger partial charge < -0.3 is 29.9 Å². The second-order valence-electron chi connectivity index (χ2n) is 13.5. The third-order valence-electron chi connectivity index (χ3n) is 9.33. The average molecular weight is 637 g/mol. The van der Waals surface area contributed by atoms with E-state index in [9.17, 15) is 39.6 Å². The number of fused-ring (bicyclic) bond motifs is 4. The van der Waals surface area contributed by atoms with E-state index in [1.54, 1.807) is 0 Å². The number of hydrogen-bond donors (Lipinski definition) is 4. The molecule has 4 N–H and O–H groups in total. The molecule has 47 heavy (non-hydrogen) atoms. The smallest absolute Gasteiger partial charge is 0.336 e. The van der Waals surface area contributed by atoms with Crippen LogP contribution in [0.1, 0.15) is 104 Å². The van der Waals surface area contributed by atoms with Crippen LogP contribution < -0.4 is 9.47 Å². The largest absolute Gasteiger partial charge is 0.478 e. The van der Waals surface area contributed by atoms with Crippen molar-refractivity contribution in [3.63, 3.8) is 0 Å². The molecule has 4 aromatic carbocycles. The highest BCUT2D eigenvalue weighted by atomic mass is 16.5. The quantitative estimate of drug-likeness (QED) is 0.150. The fraction of sp³-hybridized carbons (Fsp3) is 0.243. The summed E-state index contributed by atoms with van der Waals surface area (Å²) in [7, 11) is 0. The number of carbonyl (C=O) groups is 4. The van der Waals surface area contributed by atoms with E-state index in [0.717, 1.165) is 35.1 Å². The fourth-order valence-electron chi connectivity index (χ4n) is 7.61. The minimum absolute atomic E-state index is 0.191. The third kappa shape index (κ3) is 5.25. The molecule has 0 radical (unpaired) electrons. The first-order valence-electron chi connectivity index (χ1n) is 14.9. The van der Waals surface area contributed by atoms with Crippen molar-refractivity contribution in [2.75, 3.05) is 0 Å². The van der Waals surface area contributed by atoms with Gasteiger partial charge in [0.2, 0.25) is 0 Å². The van der Waals surface area contributed by atoms with Gasteiger partial charge in [-0.2, -0.15) is 0 Å². The van der Waals surface area contributed by atoms with Crippen LogP contribution in [0.3, 0.4) is 0 Å². The topological polar surface area (TPSA) is 168 Å². The molecule has 0 amide bonds. The van der Waals surface area contributed by atoms with Crippen molar-refractivity contribution in [1.82, 2.24) is 0 Å². The number of hydrogen-bond acceptors (Lipinski definition) is 6. The zero-order valence-electron chi connectivity index (χ0n) is 26.1. The zero-order valence-corrected chi connectivity index (χ0v) is 26.1. The molecule has 0 saturated heterocycles. The summed E-state index contributed by atoms with van der Waals surface area (Å²) in [6.07, 6.45) is 1.57. The standard InChI is InChI=1S/C37H32O10/c1-35(2)17-37(29-15-21(7-11-27(29)35)46-19-5-9-23(31(38)39)25(13-19)33(42)43)18-36(3,4)28-12-8-22(16-30(28)37)47-20-6-10-24(32(40)41)26(14-20)34(44)45/h5-16H,17-18H2,1-4H3,(H,38,39)(H,40,41)(H,42,43)(H,44,45). The molecule has 0 aliphatic heterocycles. The lowest BCUT2D eigenvalue weighted by molar-refractivity contribution is 0.0651. The highest BCUT2D eigenvalue weighted by Crippen LogP contribution is 2.63. The molecule has 0 saturated carbocycles. The summed E-state index contributed by atoms with van der Waals surface area (Å²) >= 11 is 0. The average Bonchev–Trinajstić information content (AvgIpc) is 3.35. The molecule has 0 unspecified atom stereocenters. The van der Waals surface area contributed by atoms with E-state index in [2.05, 4.69) is 27.7 Å². The van der Waals surface area contributed by atoms with Crippen molar-refractivity contribution < 1.29 is 49.1 Å². The summed E-state index contributed by atoms with van der Waals surface area (Å²) in [5.74, 6) is -4.11. The number of aromatic carboxylic acids is 4. The highest BCUT2D eigenvalue weighted by molar-refractivity contribution is 6.02. The molecule has 6 rings (SSSR count). The van der Waals surface area contributed by atoms with Crippen molar-refractivity contribution in [1.29, 1.82) is 0 Å². The molecule has 0 heterocycles. The van der Waals surface area contributed by atoms with E-state index in [0.29, 0.717) is 11.5 Å².